The summed E-state index contributed by atoms with van der Waals surface area (Å²) in [6.45, 7) is 2.94. The third-order valence-electron chi connectivity index (χ3n) is 6.14. The van der Waals surface area contributed by atoms with E-state index in [2.05, 4.69) is 0 Å². The van der Waals surface area contributed by atoms with Crippen molar-refractivity contribution in [1.82, 2.24) is 9.21 Å². The fourth-order valence-electron chi connectivity index (χ4n) is 4.34. The van der Waals surface area contributed by atoms with Crippen LogP contribution in [0.2, 0.25) is 0 Å². The van der Waals surface area contributed by atoms with Crippen LogP contribution in [0.4, 0.5) is 18.9 Å². The van der Waals surface area contributed by atoms with Gasteiger partial charge in [0.1, 0.15) is 0 Å². The van der Waals surface area contributed by atoms with Crippen LogP contribution in [0.15, 0.2) is 53.4 Å². The molecule has 0 aliphatic carbocycles. The summed E-state index contributed by atoms with van der Waals surface area (Å²) in [7, 11) is -4.31. The monoisotopic (exact) mass is 467 g/mol. The van der Waals surface area contributed by atoms with Gasteiger partial charge in [0, 0.05) is 38.4 Å². The number of carbonyl (C=O) groups is 1. The molecule has 1 fully saturated rings. The summed E-state index contributed by atoms with van der Waals surface area (Å²) in [4.78, 5) is 16.0. The standard InChI is InChI=1S/C22H24F3N3O3S/c1-16(21(29)28-11-10-17-6-2-4-8-19(17)28)26-12-14-27(15-13-26)32(30,31)20-9-5-3-7-18(20)22(23,24)25/h2-9,16H,10-15H2,1H3/t16-/m1/s1. The highest BCUT2D eigenvalue weighted by atomic mass is 32.2. The van der Waals surface area contributed by atoms with Gasteiger partial charge in [-0.05, 0) is 37.1 Å². The van der Waals surface area contributed by atoms with Gasteiger partial charge < -0.3 is 4.90 Å². The smallest absolute Gasteiger partial charge is 0.310 e. The molecule has 1 saturated heterocycles. The van der Waals surface area contributed by atoms with Crippen molar-refractivity contribution in [2.45, 2.75) is 30.5 Å². The molecule has 2 aliphatic rings. The van der Waals surface area contributed by atoms with E-state index in [1.165, 1.54) is 12.1 Å². The van der Waals surface area contributed by atoms with Gasteiger partial charge in [0.25, 0.3) is 0 Å². The normalized spacial score (nSPS) is 19.1. The first-order valence-corrected chi connectivity index (χ1v) is 11.8. The summed E-state index contributed by atoms with van der Waals surface area (Å²) in [5.41, 5.74) is 0.847. The first-order chi connectivity index (χ1) is 15.1. The number of benzene rings is 2. The zero-order chi connectivity index (χ0) is 23.1. The molecule has 0 aromatic heterocycles. The van der Waals surface area contributed by atoms with Crippen molar-refractivity contribution < 1.29 is 26.4 Å². The van der Waals surface area contributed by atoms with Gasteiger partial charge >= 0.3 is 6.18 Å². The summed E-state index contributed by atoms with van der Waals surface area (Å²) in [6, 6.07) is 11.5. The molecule has 2 aliphatic heterocycles. The average Bonchev–Trinajstić information content (AvgIpc) is 3.22. The molecule has 1 amide bonds. The Morgan fingerprint density at radius 1 is 0.938 bits per heavy atom. The van der Waals surface area contributed by atoms with Crippen LogP contribution in [0.5, 0.6) is 0 Å². The maximum absolute atomic E-state index is 13.3. The number of amides is 1. The molecule has 0 bridgehead atoms. The molecule has 32 heavy (non-hydrogen) atoms. The fourth-order valence-corrected chi connectivity index (χ4v) is 5.98. The quantitative estimate of drug-likeness (QED) is 0.694. The fraction of sp³-hybridized carbons (Fsp3) is 0.409. The SMILES string of the molecule is C[C@H](C(=O)N1CCc2ccccc21)N1CCN(S(=O)(=O)c2ccccc2C(F)(F)F)CC1. The number of carbonyl (C=O) groups excluding carboxylic acids is 1. The average molecular weight is 468 g/mol. The molecular formula is C22H24F3N3O3S. The van der Waals surface area contributed by atoms with Crippen LogP contribution in [0.1, 0.15) is 18.1 Å². The van der Waals surface area contributed by atoms with Crippen molar-refractivity contribution in [3.05, 3.63) is 59.7 Å². The molecule has 2 aromatic rings. The molecule has 172 valence electrons. The highest BCUT2D eigenvalue weighted by Crippen LogP contribution is 2.35. The lowest BCUT2D eigenvalue weighted by molar-refractivity contribution is -0.140. The van der Waals surface area contributed by atoms with Crippen LogP contribution in [-0.2, 0) is 27.4 Å². The molecule has 0 radical (unpaired) electrons. The topological polar surface area (TPSA) is 60.9 Å². The van der Waals surface area contributed by atoms with Gasteiger partial charge in [-0.3, -0.25) is 9.69 Å². The van der Waals surface area contributed by atoms with Crippen molar-refractivity contribution >= 4 is 21.6 Å². The molecule has 0 saturated carbocycles. The predicted molar refractivity (Wildman–Crippen MR) is 114 cm³/mol. The Kier molecular flexibility index (Phi) is 6.04. The minimum atomic E-state index is -4.77. The summed E-state index contributed by atoms with van der Waals surface area (Å²) in [5.74, 6) is -0.0614. The third-order valence-corrected chi connectivity index (χ3v) is 8.10. The number of rotatable bonds is 4. The Morgan fingerprint density at radius 3 is 2.25 bits per heavy atom. The Hall–Kier alpha value is -2.43. The summed E-state index contributed by atoms with van der Waals surface area (Å²) >= 11 is 0. The maximum atomic E-state index is 13.3. The largest absolute Gasteiger partial charge is 0.417 e. The van der Waals surface area contributed by atoms with Crippen LogP contribution in [0.25, 0.3) is 0 Å². The molecule has 4 rings (SSSR count). The van der Waals surface area contributed by atoms with E-state index in [-0.39, 0.29) is 32.1 Å². The molecule has 10 heteroatoms. The van der Waals surface area contributed by atoms with Crippen LogP contribution < -0.4 is 4.90 Å². The molecule has 6 nitrogen and oxygen atoms in total. The first-order valence-electron chi connectivity index (χ1n) is 10.4. The van der Waals surface area contributed by atoms with Gasteiger partial charge in [-0.25, -0.2) is 8.42 Å². The molecule has 0 spiro atoms. The Bertz CT molecular complexity index is 1110. The van der Waals surface area contributed by atoms with Crippen molar-refractivity contribution in [3.8, 4) is 0 Å². The van der Waals surface area contributed by atoms with Gasteiger partial charge in [-0.1, -0.05) is 30.3 Å². The van der Waals surface area contributed by atoms with Gasteiger partial charge in [-0.15, -0.1) is 0 Å². The van der Waals surface area contributed by atoms with Gasteiger partial charge in [-0.2, -0.15) is 17.5 Å². The number of alkyl halides is 3. The van der Waals surface area contributed by atoms with Crippen molar-refractivity contribution in [2.75, 3.05) is 37.6 Å². The van der Waals surface area contributed by atoms with E-state index in [9.17, 15) is 26.4 Å². The summed E-state index contributed by atoms with van der Waals surface area (Å²) in [6.07, 6.45) is -3.97. The Balaban J connectivity index is 1.45. The first kappa shape index (κ1) is 22.8. The van der Waals surface area contributed by atoms with Gasteiger partial charge in [0.15, 0.2) is 0 Å². The number of fused-ring (bicyclic) bond motifs is 1. The van der Waals surface area contributed by atoms with Crippen LogP contribution in [0, 0.1) is 0 Å². The van der Waals surface area contributed by atoms with E-state index in [1.807, 2.05) is 29.2 Å². The lowest BCUT2D eigenvalue weighted by atomic mass is 10.1. The van der Waals surface area contributed by atoms with E-state index >= 15 is 0 Å². The number of hydrogen-bond donors (Lipinski definition) is 0. The summed E-state index contributed by atoms with van der Waals surface area (Å²) in [5, 5.41) is 0. The predicted octanol–water partition coefficient (Wildman–Crippen LogP) is 2.99. The number of nitrogens with zero attached hydrogens (tertiary/aromatic N) is 3. The van der Waals surface area contributed by atoms with E-state index in [4.69, 9.17) is 0 Å². The minimum Gasteiger partial charge on any atom is -0.310 e. The van der Waals surface area contributed by atoms with E-state index in [1.54, 1.807) is 11.8 Å². The van der Waals surface area contributed by atoms with Crippen LogP contribution in [0.3, 0.4) is 0 Å². The summed E-state index contributed by atoms with van der Waals surface area (Å²) < 4.78 is 66.9. The second-order valence-electron chi connectivity index (χ2n) is 7.98. The Labute approximate surface area is 185 Å². The number of anilines is 1. The molecule has 0 unspecified atom stereocenters. The molecule has 2 aromatic carbocycles. The van der Waals surface area contributed by atoms with Crippen molar-refractivity contribution in [2.24, 2.45) is 0 Å². The van der Waals surface area contributed by atoms with Gasteiger partial charge in [0.2, 0.25) is 15.9 Å². The molecule has 2 heterocycles. The lowest BCUT2D eigenvalue weighted by Crippen LogP contribution is -2.55. The van der Waals surface area contributed by atoms with E-state index in [0.29, 0.717) is 6.54 Å². The van der Waals surface area contributed by atoms with Gasteiger partial charge in [0.05, 0.1) is 16.5 Å². The van der Waals surface area contributed by atoms with Crippen LogP contribution >= 0.6 is 0 Å². The van der Waals surface area contributed by atoms with Crippen molar-refractivity contribution in [3.63, 3.8) is 0 Å². The van der Waals surface area contributed by atoms with Crippen molar-refractivity contribution in [1.29, 1.82) is 0 Å². The highest BCUT2D eigenvalue weighted by molar-refractivity contribution is 7.89. The second kappa shape index (κ2) is 8.49. The number of piperazine rings is 1. The van der Waals surface area contributed by atoms with Crippen LogP contribution in [-0.4, -0.2) is 62.3 Å². The number of para-hydroxylation sites is 1. The number of sulfonamides is 1. The molecule has 0 N–H and O–H groups in total. The number of halogens is 3. The number of hydrogen-bond acceptors (Lipinski definition) is 4. The highest BCUT2D eigenvalue weighted by Gasteiger charge is 2.40. The molecule has 1 atom stereocenters. The Morgan fingerprint density at radius 2 is 1.56 bits per heavy atom. The van der Waals surface area contributed by atoms with E-state index < -0.39 is 32.7 Å². The maximum Gasteiger partial charge on any atom is 0.417 e. The van der Waals surface area contributed by atoms with E-state index in [0.717, 1.165) is 34.1 Å². The zero-order valence-electron chi connectivity index (χ0n) is 17.5. The zero-order valence-corrected chi connectivity index (χ0v) is 18.4. The lowest BCUT2D eigenvalue weighted by Gasteiger charge is -2.38. The minimum absolute atomic E-state index is 0.0166. The third kappa shape index (κ3) is 4.14. The second-order valence-corrected chi connectivity index (χ2v) is 9.88. The molecular weight excluding hydrogens is 443 g/mol.